The van der Waals surface area contributed by atoms with Gasteiger partial charge in [-0.3, -0.25) is 4.79 Å². The fourth-order valence-electron chi connectivity index (χ4n) is 2.22. The summed E-state index contributed by atoms with van der Waals surface area (Å²) in [4.78, 5) is 29.4. The van der Waals surface area contributed by atoms with Crippen molar-refractivity contribution in [1.82, 2.24) is 19.6 Å². The van der Waals surface area contributed by atoms with Gasteiger partial charge in [0.2, 0.25) is 5.96 Å². The summed E-state index contributed by atoms with van der Waals surface area (Å²) in [5.74, 6) is -2.45. The molecule has 0 saturated carbocycles. The Bertz CT molecular complexity index is 672. The van der Waals surface area contributed by atoms with Gasteiger partial charge in [-0.15, -0.1) is 0 Å². The topological polar surface area (TPSA) is 80.0 Å². The molecule has 0 N–H and O–H groups in total. The van der Waals surface area contributed by atoms with Crippen LogP contribution in [0.3, 0.4) is 0 Å². The number of halogens is 3. The van der Waals surface area contributed by atoms with Crippen LogP contribution in [-0.4, -0.2) is 75.5 Å². The molecule has 2 amide bonds. The molecule has 1 aliphatic rings. The third-order valence-corrected chi connectivity index (χ3v) is 3.37. The number of aliphatic imine (C=N–C) groups is 1. The molecule has 0 spiro atoms. The van der Waals surface area contributed by atoms with Crippen molar-refractivity contribution in [2.75, 3.05) is 26.2 Å². The van der Waals surface area contributed by atoms with E-state index in [2.05, 4.69) is 10.1 Å². The predicted octanol–water partition coefficient (Wildman–Crippen LogP) is 1.73. The van der Waals surface area contributed by atoms with Crippen LogP contribution in [0, 0.1) is 0 Å². The Labute approximate surface area is 148 Å². The number of nitrogens with zero attached hydrogens (tertiary/aromatic N) is 5. The Morgan fingerprint density at radius 3 is 2.12 bits per heavy atom. The van der Waals surface area contributed by atoms with Crippen molar-refractivity contribution in [3.8, 4) is 0 Å². The first-order valence-electron chi connectivity index (χ1n) is 7.90. The van der Waals surface area contributed by atoms with Gasteiger partial charge in [0.1, 0.15) is 5.60 Å². The quantitative estimate of drug-likeness (QED) is 0.510. The number of aromatic nitrogens is 2. The van der Waals surface area contributed by atoms with Gasteiger partial charge < -0.3 is 14.5 Å². The molecule has 0 aliphatic carbocycles. The molecule has 1 fully saturated rings. The fraction of sp³-hybridized carbons (Fsp3) is 0.600. The maximum Gasteiger partial charge on any atom is 0.473 e. The third-order valence-electron chi connectivity index (χ3n) is 3.37. The van der Waals surface area contributed by atoms with Gasteiger partial charge in [0.05, 0.1) is 0 Å². The van der Waals surface area contributed by atoms with Gasteiger partial charge in [0, 0.05) is 38.6 Å². The van der Waals surface area contributed by atoms with E-state index in [9.17, 15) is 22.8 Å². The lowest BCUT2D eigenvalue weighted by Gasteiger charge is -2.36. The van der Waals surface area contributed by atoms with Crippen molar-refractivity contribution < 1.29 is 27.5 Å². The van der Waals surface area contributed by atoms with E-state index in [0.29, 0.717) is 0 Å². The van der Waals surface area contributed by atoms with Crippen molar-refractivity contribution in [3.05, 3.63) is 18.5 Å². The van der Waals surface area contributed by atoms with Crippen molar-refractivity contribution >= 4 is 18.0 Å². The summed E-state index contributed by atoms with van der Waals surface area (Å²) in [5.41, 5.74) is -0.644. The number of piperazine rings is 1. The van der Waals surface area contributed by atoms with Gasteiger partial charge >= 0.3 is 18.2 Å². The minimum atomic E-state index is -5.07. The maximum atomic E-state index is 12.6. The van der Waals surface area contributed by atoms with E-state index in [1.165, 1.54) is 28.3 Å². The van der Waals surface area contributed by atoms with Crippen LogP contribution >= 0.6 is 0 Å². The number of hydrogen-bond acceptors (Lipinski definition) is 4. The smallest absolute Gasteiger partial charge is 0.444 e. The minimum absolute atomic E-state index is 0.184. The van der Waals surface area contributed by atoms with E-state index in [0.717, 1.165) is 4.68 Å². The average Bonchev–Trinajstić information content (AvgIpc) is 3.04. The molecule has 0 aromatic carbocycles. The van der Waals surface area contributed by atoms with Crippen LogP contribution in [0.5, 0.6) is 0 Å². The second-order valence-corrected chi connectivity index (χ2v) is 6.62. The molecule has 2 heterocycles. The summed E-state index contributed by atoms with van der Waals surface area (Å²) < 4.78 is 44.1. The first-order chi connectivity index (χ1) is 12.0. The van der Waals surface area contributed by atoms with Crippen LogP contribution in [0.1, 0.15) is 20.8 Å². The van der Waals surface area contributed by atoms with Gasteiger partial charge in [-0.05, 0) is 26.8 Å². The van der Waals surface area contributed by atoms with Crippen LogP contribution in [0.15, 0.2) is 23.5 Å². The van der Waals surface area contributed by atoms with E-state index in [1.54, 1.807) is 20.8 Å². The largest absolute Gasteiger partial charge is 0.473 e. The van der Waals surface area contributed by atoms with Crippen LogP contribution in [0.4, 0.5) is 18.0 Å². The Balaban J connectivity index is 2.11. The number of hydrogen-bond donors (Lipinski definition) is 0. The lowest BCUT2D eigenvalue weighted by atomic mass is 10.2. The predicted molar refractivity (Wildman–Crippen MR) is 85.5 cm³/mol. The summed E-state index contributed by atoms with van der Waals surface area (Å²) in [6.45, 7) is 6.03. The number of carbonyl (C=O) groups excluding carboxylic acids is 2. The van der Waals surface area contributed by atoms with Gasteiger partial charge in [0.25, 0.3) is 0 Å². The normalized spacial score (nSPS) is 16.6. The molecular weight excluding hydrogens is 355 g/mol. The third kappa shape index (κ3) is 5.20. The molecule has 26 heavy (non-hydrogen) atoms. The van der Waals surface area contributed by atoms with Crippen molar-refractivity contribution in [1.29, 1.82) is 0 Å². The van der Waals surface area contributed by atoms with Crippen molar-refractivity contribution in [3.63, 3.8) is 0 Å². The van der Waals surface area contributed by atoms with Gasteiger partial charge in [0.15, 0.2) is 0 Å². The zero-order valence-electron chi connectivity index (χ0n) is 14.7. The fourth-order valence-corrected chi connectivity index (χ4v) is 2.22. The number of amides is 2. The van der Waals surface area contributed by atoms with Crippen LogP contribution in [-0.2, 0) is 9.53 Å². The van der Waals surface area contributed by atoms with Gasteiger partial charge in [-0.2, -0.15) is 23.3 Å². The Kier molecular flexibility index (Phi) is 5.57. The molecule has 8 nitrogen and oxygen atoms in total. The second-order valence-electron chi connectivity index (χ2n) is 6.62. The molecule has 144 valence electrons. The molecule has 1 aromatic heterocycles. The highest BCUT2D eigenvalue weighted by Crippen LogP contribution is 2.18. The molecule has 1 aliphatic heterocycles. The van der Waals surface area contributed by atoms with E-state index in [4.69, 9.17) is 4.74 Å². The molecule has 0 radical (unpaired) electrons. The lowest BCUT2D eigenvalue weighted by Crippen LogP contribution is -2.53. The highest BCUT2D eigenvalue weighted by atomic mass is 19.4. The summed E-state index contributed by atoms with van der Waals surface area (Å²) in [6, 6.07) is 1.50. The Morgan fingerprint density at radius 1 is 1.08 bits per heavy atom. The highest BCUT2D eigenvalue weighted by Gasteiger charge is 2.40. The van der Waals surface area contributed by atoms with Crippen LogP contribution in [0.2, 0.25) is 0 Å². The molecule has 1 aromatic rings. The monoisotopic (exact) mass is 375 g/mol. The number of alkyl halides is 3. The summed E-state index contributed by atoms with van der Waals surface area (Å²) in [6.07, 6.45) is -2.81. The summed E-state index contributed by atoms with van der Waals surface area (Å²) in [5, 5.41) is 3.85. The lowest BCUT2D eigenvalue weighted by molar-refractivity contribution is -0.169. The first kappa shape index (κ1) is 19.7. The first-order valence-corrected chi connectivity index (χ1v) is 7.90. The summed E-state index contributed by atoms with van der Waals surface area (Å²) >= 11 is 0. The molecule has 0 atom stereocenters. The Hall–Kier alpha value is -2.59. The van der Waals surface area contributed by atoms with Gasteiger partial charge in [-0.25, -0.2) is 9.48 Å². The number of rotatable bonds is 0. The van der Waals surface area contributed by atoms with E-state index >= 15 is 0 Å². The number of ether oxygens (including phenoxy) is 1. The van der Waals surface area contributed by atoms with Gasteiger partial charge in [-0.1, -0.05) is 0 Å². The van der Waals surface area contributed by atoms with Crippen LogP contribution < -0.4 is 0 Å². The zero-order chi connectivity index (χ0) is 19.5. The summed E-state index contributed by atoms with van der Waals surface area (Å²) in [7, 11) is 0. The molecule has 1 saturated heterocycles. The second kappa shape index (κ2) is 7.34. The van der Waals surface area contributed by atoms with E-state index in [-0.39, 0.29) is 32.1 Å². The zero-order valence-corrected chi connectivity index (χ0v) is 14.7. The number of carbonyl (C=O) groups is 2. The molecule has 0 unspecified atom stereocenters. The molecular formula is C15H20F3N5O3. The van der Waals surface area contributed by atoms with Crippen molar-refractivity contribution in [2.45, 2.75) is 32.5 Å². The Morgan fingerprint density at radius 2 is 1.65 bits per heavy atom. The molecule has 2 rings (SSSR count). The standard InChI is InChI=1S/C15H20F3N5O3/c1-14(2,3)26-13(25)22-9-7-21(8-10-22)12(23-6-4-5-19-23)20-11(24)15(16,17)18/h4-6H,7-10H2,1-3H3. The minimum Gasteiger partial charge on any atom is -0.444 e. The van der Waals surface area contributed by atoms with Crippen molar-refractivity contribution in [2.24, 2.45) is 4.99 Å². The SMILES string of the molecule is CC(C)(C)OC(=O)N1CCN(C(=NC(=O)C(F)(F)F)n2cccn2)CC1. The molecule has 0 bridgehead atoms. The molecule has 11 heteroatoms. The van der Waals surface area contributed by atoms with E-state index < -0.39 is 23.8 Å². The van der Waals surface area contributed by atoms with Crippen LogP contribution in [0.25, 0.3) is 0 Å². The highest BCUT2D eigenvalue weighted by molar-refractivity contribution is 5.96. The maximum absolute atomic E-state index is 12.6. The van der Waals surface area contributed by atoms with E-state index in [1.807, 2.05) is 0 Å². The average molecular weight is 375 g/mol.